The fourth-order valence-electron chi connectivity index (χ4n) is 2.91. The summed E-state index contributed by atoms with van der Waals surface area (Å²) < 4.78 is 5.39. The van der Waals surface area contributed by atoms with E-state index < -0.39 is 11.7 Å². The van der Waals surface area contributed by atoms with Gasteiger partial charge in [-0.2, -0.15) is 11.8 Å². The maximum absolute atomic E-state index is 12.6. The molecule has 0 aromatic heterocycles. The van der Waals surface area contributed by atoms with Crippen LogP contribution in [-0.4, -0.2) is 48.1 Å². The van der Waals surface area contributed by atoms with E-state index in [1.807, 2.05) is 57.4 Å². The Morgan fingerprint density at radius 3 is 2.32 bits per heavy atom. The van der Waals surface area contributed by atoms with Gasteiger partial charge in [0.15, 0.2) is 5.78 Å². The zero-order valence-electron chi connectivity index (χ0n) is 18.1. The Morgan fingerprint density at radius 1 is 1.14 bits per heavy atom. The highest BCUT2D eigenvalue weighted by Crippen LogP contribution is 2.11. The molecule has 158 valence electrons. The predicted octanol–water partition coefficient (Wildman–Crippen LogP) is 4.06. The number of hydrogen-bond acceptors (Lipinski definition) is 5. The molecule has 0 bridgehead atoms. The van der Waals surface area contributed by atoms with Crippen LogP contribution in [0.2, 0.25) is 0 Å². The number of rotatable bonds is 11. The number of thioether (sulfide) groups is 1. The fraction of sp³-hybridized carbons (Fsp3) is 0.636. The van der Waals surface area contributed by atoms with Crippen LogP contribution >= 0.6 is 11.8 Å². The molecule has 0 fully saturated rings. The van der Waals surface area contributed by atoms with Crippen molar-refractivity contribution in [2.24, 2.45) is 5.92 Å². The molecule has 0 saturated heterocycles. The second kappa shape index (κ2) is 12.1. The molecule has 1 aromatic rings. The van der Waals surface area contributed by atoms with Crippen LogP contribution in [0.5, 0.6) is 0 Å². The summed E-state index contributed by atoms with van der Waals surface area (Å²) in [4.78, 5) is 24.8. The minimum atomic E-state index is -0.538. The molecule has 0 aliphatic rings. The van der Waals surface area contributed by atoms with Crippen molar-refractivity contribution in [3.63, 3.8) is 0 Å². The van der Waals surface area contributed by atoms with Crippen LogP contribution in [0.4, 0.5) is 4.79 Å². The highest BCUT2D eigenvalue weighted by Gasteiger charge is 2.23. The number of alkyl carbamates (subject to hydrolysis) is 1. The van der Waals surface area contributed by atoms with Crippen LogP contribution in [0, 0.1) is 5.92 Å². The molecule has 1 rings (SSSR count). The Bertz CT molecular complexity index is 600. The number of nitrogens with one attached hydrogen (secondary N) is 2. The standard InChI is InChI=1S/C22H36N2O3S/c1-16(2)12-18(24-21(26)27-22(3,4)5)14-23-19(20(25)15-28-6)13-17-10-8-7-9-11-17/h7-11,16,18-19,23H,12-15H2,1-6H3,(H,24,26). The Hall–Kier alpha value is -1.53. The number of hydrogen-bond donors (Lipinski definition) is 2. The van der Waals surface area contributed by atoms with Gasteiger partial charge in [-0.15, -0.1) is 0 Å². The van der Waals surface area contributed by atoms with Crippen molar-refractivity contribution in [2.45, 2.75) is 65.1 Å². The van der Waals surface area contributed by atoms with Gasteiger partial charge in [0.05, 0.1) is 11.8 Å². The van der Waals surface area contributed by atoms with E-state index in [1.54, 1.807) is 0 Å². The summed E-state index contributed by atoms with van der Waals surface area (Å²) in [5.74, 6) is 1.06. The Kier molecular flexibility index (Phi) is 10.6. The lowest BCUT2D eigenvalue weighted by atomic mass is 10.0. The van der Waals surface area contributed by atoms with E-state index in [0.29, 0.717) is 24.6 Å². The third-order valence-electron chi connectivity index (χ3n) is 4.05. The normalized spacial score (nSPS) is 13.8. The quantitative estimate of drug-likeness (QED) is 0.578. The third-order valence-corrected chi connectivity index (χ3v) is 4.62. The maximum Gasteiger partial charge on any atom is 0.407 e. The van der Waals surface area contributed by atoms with Crippen LogP contribution in [-0.2, 0) is 16.0 Å². The third kappa shape index (κ3) is 10.7. The van der Waals surface area contributed by atoms with Crippen LogP contribution in [0.15, 0.2) is 30.3 Å². The summed E-state index contributed by atoms with van der Waals surface area (Å²) in [6, 6.07) is 9.63. The first-order chi connectivity index (χ1) is 13.1. The number of benzene rings is 1. The molecule has 2 N–H and O–H groups in total. The van der Waals surface area contributed by atoms with Gasteiger partial charge in [0.1, 0.15) is 5.60 Å². The zero-order valence-corrected chi connectivity index (χ0v) is 18.9. The highest BCUT2D eigenvalue weighted by atomic mass is 32.2. The van der Waals surface area contributed by atoms with Gasteiger partial charge < -0.3 is 15.4 Å². The molecule has 0 saturated carbocycles. The van der Waals surface area contributed by atoms with Gasteiger partial charge in [0.25, 0.3) is 0 Å². The van der Waals surface area contributed by atoms with Crippen molar-refractivity contribution in [1.29, 1.82) is 0 Å². The van der Waals surface area contributed by atoms with Crippen molar-refractivity contribution in [3.05, 3.63) is 35.9 Å². The lowest BCUT2D eigenvalue weighted by molar-refractivity contribution is -0.118. The van der Waals surface area contributed by atoms with Gasteiger partial charge in [-0.1, -0.05) is 44.2 Å². The molecule has 28 heavy (non-hydrogen) atoms. The van der Waals surface area contributed by atoms with E-state index in [0.717, 1.165) is 12.0 Å². The summed E-state index contributed by atoms with van der Waals surface area (Å²) >= 11 is 1.53. The van der Waals surface area contributed by atoms with E-state index in [4.69, 9.17) is 4.74 Å². The summed E-state index contributed by atoms with van der Waals surface area (Å²) in [6.45, 7) is 10.3. The number of ketones is 1. The predicted molar refractivity (Wildman–Crippen MR) is 118 cm³/mol. The molecule has 0 spiro atoms. The van der Waals surface area contributed by atoms with E-state index >= 15 is 0 Å². The number of amides is 1. The molecule has 0 aliphatic carbocycles. The number of ether oxygens (including phenoxy) is 1. The Balaban J connectivity index is 2.76. The van der Waals surface area contributed by atoms with Crippen LogP contribution in [0.3, 0.4) is 0 Å². The second-order valence-electron chi connectivity index (χ2n) is 8.52. The fourth-order valence-corrected chi connectivity index (χ4v) is 3.40. The summed E-state index contributed by atoms with van der Waals surface area (Å²) in [5, 5.41) is 6.35. The molecule has 1 aromatic carbocycles. The molecule has 2 unspecified atom stereocenters. The summed E-state index contributed by atoms with van der Waals surface area (Å²) in [5.41, 5.74) is 0.583. The highest BCUT2D eigenvalue weighted by molar-refractivity contribution is 7.99. The van der Waals surface area contributed by atoms with E-state index in [-0.39, 0.29) is 17.9 Å². The first-order valence-electron chi connectivity index (χ1n) is 9.89. The lowest BCUT2D eigenvalue weighted by Gasteiger charge is -2.26. The van der Waals surface area contributed by atoms with Gasteiger partial charge in [0, 0.05) is 12.6 Å². The number of carbonyl (C=O) groups excluding carboxylic acids is 2. The molecular formula is C22H36N2O3S. The minimum Gasteiger partial charge on any atom is -0.444 e. The lowest BCUT2D eigenvalue weighted by Crippen LogP contribution is -2.49. The van der Waals surface area contributed by atoms with Crippen LogP contribution < -0.4 is 10.6 Å². The van der Waals surface area contributed by atoms with E-state index in [9.17, 15) is 9.59 Å². The molecule has 5 nitrogen and oxygen atoms in total. The number of carbonyl (C=O) groups is 2. The zero-order chi connectivity index (χ0) is 21.2. The molecular weight excluding hydrogens is 372 g/mol. The smallest absolute Gasteiger partial charge is 0.407 e. The van der Waals surface area contributed by atoms with Crippen molar-refractivity contribution >= 4 is 23.6 Å². The molecule has 0 radical (unpaired) electrons. The average molecular weight is 409 g/mol. The molecule has 6 heteroatoms. The van der Waals surface area contributed by atoms with Crippen LogP contribution in [0.25, 0.3) is 0 Å². The molecule has 0 aliphatic heterocycles. The van der Waals surface area contributed by atoms with Crippen molar-refractivity contribution in [2.75, 3.05) is 18.6 Å². The van der Waals surface area contributed by atoms with Gasteiger partial charge in [0.2, 0.25) is 0 Å². The SMILES string of the molecule is CSCC(=O)C(Cc1ccccc1)NCC(CC(C)C)NC(=O)OC(C)(C)C. The van der Waals surface area contributed by atoms with Gasteiger partial charge in [-0.3, -0.25) is 4.79 Å². The monoisotopic (exact) mass is 408 g/mol. The number of Topliss-reactive ketones (excluding diaryl/α,β-unsaturated/α-hetero) is 1. The maximum atomic E-state index is 12.6. The van der Waals surface area contributed by atoms with Gasteiger partial charge >= 0.3 is 6.09 Å². The van der Waals surface area contributed by atoms with E-state index in [2.05, 4.69) is 24.5 Å². The Morgan fingerprint density at radius 2 is 1.79 bits per heavy atom. The summed E-state index contributed by atoms with van der Waals surface area (Å²) in [6.07, 6.45) is 2.96. The van der Waals surface area contributed by atoms with Gasteiger partial charge in [-0.25, -0.2) is 4.79 Å². The minimum absolute atomic E-state index is 0.102. The second-order valence-corrected chi connectivity index (χ2v) is 9.39. The first-order valence-corrected chi connectivity index (χ1v) is 11.3. The largest absolute Gasteiger partial charge is 0.444 e. The topological polar surface area (TPSA) is 67.4 Å². The van der Waals surface area contributed by atoms with Crippen molar-refractivity contribution < 1.29 is 14.3 Å². The van der Waals surface area contributed by atoms with Gasteiger partial charge in [-0.05, 0) is 51.3 Å². The molecule has 0 heterocycles. The summed E-state index contributed by atoms with van der Waals surface area (Å²) in [7, 11) is 0. The molecule has 2 atom stereocenters. The van der Waals surface area contributed by atoms with Crippen molar-refractivity contribution in [1.82, 2.24) is 10.6 Å². The van der Waals surface area contributed by atoms with E-state index in [1.165, 1.54) is 11.8 Å². The van der Waals surface area contributed by atoms with Crippen molar-refractivity contribution in [3.8, 4) is 0 Å². The van der Waals surface area contributed by atoms with Crippen LogP contribution in [0.1, 0.15) is 46.6 Å². The average Bonchev–Trinajstić information content (AvgIpc) is 2.57. The first kappa shape index (κ1) is 24.5. The Labute approximate surface area is 174 Å². The molecule has 1 amide bonds.